The molecule has 19 heavy (non-hydrogen) atoms. The van der Waals surface area contributed by atoms with E-state index in [9.17, 15) is 8.42 Å². The van der Waals surface area contributed by atoms with Gasteiger partial charge in [0.1, 0.15) is 0 Å². The number of nitrogens with one attached hydrogen (secondary N) is 1. The molecule has 1 N–H and O–H groups in total. The smallest absolute Gasteiger partial charge is 0.244 e. The molecule has 0 aliphatic carbocycles. The Balaban J connectivity index is 2.21. The van der Waals surface area contributed by atoms with Crippen LogP contribution in [0.2, 0.25) is 0 Å². The largest absolute Gasteiger partial charge is 0.337 e. The number of aryl methyl sites for hydroxylation is 1. The first-order valence-corrected chi connectivity index (χ1v) is 7.62. The number of nitrogens with zero attached hydrogens (tertiary/aromatic N) is 2. The molecule has 0 fully saturated rings. The quantitative estimate of drug-likeness (QED) is 0.921. The second-order valence-corrected chi connectivity index (χ2v) is 6.21. The summed E-state index contributed by atoms with van der Waals surface area (Å²) in [6, 6.07) is 7.12. The number of rotatable bonds is 4. The first kappa shape index (κ1) is 13.7. The highest BCUT2D eigenvalue weighted by Gasteiger charge is 2.18. The molecule has 1 aromatic heterocycles. The molecule has 0 saturated carbocycles. The van der Waals surface area contributed by atoms with Gasteiger partial charge in [-0.3, -0.25) is 0 Å². The molecule has 0 aliphatic heterocycles. The minimum Gasteiger partial charge on any atom is -0.337 e. The Bertz CT molecular complexity index is 662. The van der Waals surface area contributed by atoms with E-state index in [4.69, 9.17) is 4.52 Å². The summed E-state index contributed by atoms with van der Waals surface area (Å²) in [5.41, 5.74) is 1.96. The molecular formula is C12H15N3O3S. The molecule has 0 bridgehead atoms. The highest BCUT2D eigenvalue weighted by molar-refractivity contribution is 7.88. The predicted octanol–water partition coefficient (Wildman–Crippen LogP) is 1.66. The molecule has 0 amide bonds. The summed E-state index contributed by atoms with van der Waals surface area (Å²) < 4.78 is 29.7. The second-order valence-electron chi connectivity index (χ2n) is 4.43. The third-order valence-corrected chi connectivity index (χ3v) is 3.29. The van der Waals surface area contributed by atoms with Gasteiger partial charge in [-0.25, -0.2) is 13.1 Å². The van der Waals surface area contributed by atoms with E-state index in [-0.39, 0.29) is 5.89 Å². The first-order chi connectivity index (χ1) is 8.85. The van der Waals surface area contributed by atoms with Gasteiger partial charge < -0.3 is 4.52 Å². The lowest BCUT2D eigenvalue weighted by atomic mass is 10.1. The van der Waals surface area contributed by atoms with Crippen molar-refractivity contribution in [3.8, 4) is 11.4 Å². The molecule has 0 radical (unpaired) electrons. The summed E-state index contributed by atoms with van der Waals surface area (Å²) in [4.78, 5) is 4.19. The van der Waals surface area contributed by atoms with Crippen molar-refractivity contribution in [2.45, 2.75) is 19.9 Å². The summed E-state index contributed by atoms with van der Waals surface area (Å²) in [5.74, 6) is 0.679. The molecule has 1 aromatic carbocycles. The minimum absolute atomic E-state index is 0.237. The van der Waals surface area contributed by atoms with Crippen molar-refractivity contribution in [1.82, 2.24) is 14.9 Å². The third kappa shape index (κ3) is 3.62. The summed E-state index contributed by atoms with van der Waals surface area (Å²) in [7, 11) is -3.31. The van der Waals surface area contributed by atoms with E-state index in [1.807, 2.05) is 31.2 Å². The first-order valence-electron chi connectivity index (χ1n) is 5.73. The molecule has 1 atom stereocenters. The Morgan fingerprint density at radius 1 is 1.26 bits per heavy atom. The predicted molar refractivity (Wildman–Crippen MR) is 70.9 cm³/mol. The van der Waals surface area contributed by atoms with Gasteiger partial charge in [0.05, 0.1) is 12.3 Å². The van der Waals surface area contributed by atoms with Gasteiger partial charge in [0.15, 0.2) is 0 Å². The normalized spacial score (nSPS) is 13.4. The highest BCUT2D eigenvalue weighted by Crippen LogP contribution is 2.19. The topological polar surface area (TPSA) is 85.1 Å². The average molecular weight is 281 g/mol. The van der Waals surface area contributed by atoms with Crippen molar-refractivity contribution in [2.24, 2.45) is 0 Å². The molecule has 102 valence electrons. The summed E-state index contributed by atoms with van der Waals surface area (Å²) in [6.07, 6.45) is 1.08. The lowest BCUT2D eigenvalue weighted by Crippen LogP contribution is -2.25. The average Bonchev–Trinajstić information content (AvgIpc) is 2.77. The molecule has 1 heterocycles. The number of aromatic nitrogens is 2. The number of benzene rings is 1. The molecule has 2 rings (SSSR count). The third-order valence-electron chi connectivity index (χ3n) is 2.51. The Hall–Kier alpha value is -1.73. The van der Waals surface area contributed by atoms with Gasteiger partial charge in [-0.05, 0) is 13.8 Å². The lowest BCUT2D eigenvalue weighted by Gasteiger charge is -2.05. The van der Waals surface area contributed by atoms with Crippen LogP contribution in [0.25, 0.3) is 11.4 Å². The summed E-state index contributed by atoms with van der Waals surface area (Å²) in [5, 5.41) is 3.85. The van der Waals surface area contributed by atoms with Crippen molar-refractivity contribution in [3.05, 3.63) is 35.7 Å². The van der Waals surface area contributed by atoms with Crippen LogP contribution in [0.3, 0.4) is 0 Å². The van der Waals surface area contributed by atoms with Crippen LogP contribution in [0.15, 0.2) is 28.8 Å². The van der Waals surface area contributed by atoms with E-state index < -0.39 is 16.1 Å². The zero-order valence-corrected chi connectivity index (χ0v) is 11.7. The maximum Gasteiger partial charge on any atom is 0.244 e. The van der Waals surface area contributed by atoms with Gasteiger partial charge >= 0.3 is 0 Å². The molecular weight excluding hydrogens is 266 g/mol. The Morgan fingerprint density at radius 2 is 1.89 bits per heavy atom. The number of sulfonamides is 1. The van der Waals surface area contributed by atoms with E-state index >= 15 is 0 Å². The standard InChI is InChI=1S/C12H15N3O3S/c1-8-4-6-10(7-5-8)11-13-12(18-14-11)9(2)15-19(3,16)17/h4-7,9,15H,1-3H3/t9-/m1/s1. The SMILES string of the molecule is Cc1ccc(-c2noc([C@@H](C)NS(C)(=O)=O)n2)cc1. The fourth-order valence-corrected chi connectivity index (χ4v) is 2.35. The zero-order valence-electron chi connectivity index (χ0n) is 10.9. The molecule has 0 spiro atoms. The van der Waals surface area contributed by atoms with Gasteiger partial charge in [-0.1, -0.05) is 35.0 Å². The monoisotopic (exact) mass is 281 g/mol. The van der Waals surface area contributed by atoms with Crippen molar-refractivity contribution in [1.29, 1.82) is 0 Å². The van der Waals surface area contributed by atoms with E-state index in [2.05, 4.69) is 14.9 Å². The highest BCUT2D eigenvalue weighted by atomic mass is 32.2. The Morgan fingerprint density at radius 3 is 2.47 bits per heavy atom. The van der Waals surface area contributed by atoms with Crippen LogP contribution in [-0.4, -0.2) is 24.8 Å². The maximum atomic E-state index is 11.1. The summed E-state index contributed by atoms with van der Waals surface area (Å²) in [6.45, 7) is 3.64. The van der Waals surface area contributed by atoms with Crippen molar-refractivity contribution < 1.29 is 12.9 Å². The van der Waals surface area contributed by atoms with E-state index in [1.165, 1.54) is 0 Å². The maximum absolute atomic E-state index is 11.1. The van der Waals surface area contributed by atoms with Crippen LogP contribution >= 0.6 is 0 Å². The van der Waals surface area contributed by atoms with Crippen LogP contribution < -0.4 is 4.72 Å². The fraction of sp³-hybridized carbons (Fsp3) is 0.333. The van der Waals surface area contributed by atoms with Crippen molar-refractivity contribution in [3.63, 3.8) is 0 Å². The zero-order chi connectivity index (χ0) is 14.0. The van der Waals surface area contributed by atoms with Gasteiger partial charge in [0.25, 0.3) is 0 Å². The molecule has 6 nitrogen and oxygen atoms in total. The van der Waals surface area contributed by atoms with Crippen LogP contribution in [0.5, 0.6) is 0 Å². The number of hydrogen-bond donors (Lipinski definition) is 1. The van der Waals surface area contributed by atoms with Crippen molar-refractivity contribution in [2.75, 3.05) is 6.26 Å². The van der Waals surface area contributed by atoms with Gasteiger partial charge in [-0.15, -0.1) is 0 Å². The molecule has 0 aliphatic rings. The van der Waals surface area contributed by atoms with E-state index in [0.29, 0.717) is 5.82 Å². The van der Waals surface area contributed by atoms with Crippen LogP contribution in [0.1, 0.15) is 24.4 Å². The lowest BCUT2D eigenvalue weighted by molar-refractivity contribution is 0.354. The fourth-order valence-electron chi connectivity index (χ4n) is 1.60. The van der Waals surface area contributed by atoms with Crippen LogP contribution in [0, 0.1) is 6.92 Å². The number of hydrogen-bond acceptors (Lipinski definition) is 5. The Kier molecular flexibility index (Phi) is 3.68. The van der Waals surface area contributed by atoms with Gasteiger partial charge in [0, 0.05) is 5.56 Å². The van der Waals surface area contributed by atoms with Crippen LogP contribution in [-0.2, 0) is 10.0 Å². The summed E-state index contributed by atoms with van der Waals surface area (Å²) >= 11 is 0. The Labute approximate surface area is 111 Å². The second kappa shape index (κ2) is 5.10. The van der Waals surface area contributed by atoms with Gasteiger partial charge in [-0.2, -0.15) is 4.98 Å². The van der Waals surface area contributed by atoms with E-state index in [1.54, 1.807) is 6.92 Å². The minimum atomic E-state index is -3.31. The van der Waals surface area contributed by atoms with E-state index in [0.717, 1.165) is 17.4 Å². The van der Waals surface area contributed by atoms with Gasteiger partial charge in [0.2, 0.25) is 21.7 Å². The molecule has 2 aromatic rings. The molecule has 7 heteroatoms. The molecule has 0 unspecified atom stereocenters. The molecule has 0 saturated heterocycles. The van der Waals surface area contributed by atoms with Crippen LogP contribution in [0.4, 0.5) is 0 Å². The van der Waals surface area contributed by atoms with Crippen molar-refractivity contribution >= 4 is 10.0 Å².